The summed E-state index contributed by atoms with van der Waals surface area (Å²) in [5.41, 5.74) is 3.03. The molecule has 0 fully saturated rings. The molecule has 4 nitrogen and oxygen atoms in total. The fourth-order valence-corrected chi connectivity index (χ4v) is 3.13. The molecule has 0 spiro atoms. The molecule has 6 heteroatoms. The van der Waals surface area contributed by atoms with E-state index in [-0.39, 0.29) is 0 Å². The standard InChI is InChI=1S/C17H17BrClN3O/c1-21(8-12-7-14(19)4-5-16(12)23-2)10-15-11-22-9-13(18)3-6-17(22)20-15/h3-7,9,11H,8,10H2,1-2H3. The van der Waals surface area contributed by atoms with Gasteiger partial charge in [-0.2, -0.15) is 0 Å². The molecule has 0 aliphatic rings. The van der Waals surface area contributed by atoms with Gasteiger partial charge in [-0.3, -0.25) is 4.90 Å². The molecule has 2 heterocycles. The lowest BCUT2D eigenvalue weighted by molar-refractivity contribution is 0.307. The summed E-state index contributed by atoms with van der Waals surface area (Å²) in [5.74, 6) is 0.847. The van der Waals surface area contributed by atoms with Crippen molar-refractivity contribution in [3.8, 4) is 5.75 Å². The minimum absolute atomic E-state index is 0.715. The third-order valence-electron chi connectivity index (χ3n) is 3.58. The molecule has 0 radical (unpaired) electrons. The van der Waals surface area contributed by atoms with Gasteiger partial charge in [0.15, 0.2) is 0 Å². The summed E-state index contributed by atoms with van der Waals surface area (Å²) in [4.78, 5) is 6.82. The Kier molecular flexibility index (Phi) is 4.90. The van der Waals surface area contributed by atoms with Crippen LogP contribution < -0.4 is 4.74 Å². The highest BCUT2D eigenvalue weighted by Gasteiger charge is 2.10. The van der Waals surface area contributed by atoms with Crippen molar-refractivity contribution < 1.29 is 4.74 Å². The van der Waals surface area contributed by atoms with Crippen LogP contribution in [0, 0.1) is 0 Å². The van der Waals surface area contributed by atoms with Crippen molar-refractivity contribution in [1.29, 1.82) is 0 Å². The van der Waals surface area contributed by atoms with Gasteiger partial charge in [-0.15, -0.1) is 0 Å². The van der Waals surface area contributed by atoms with Gasteiger partial charge in [-0.25, -0.2) is 4.98 Å². The molecule has 0 N–H and O–H groups in total. The highest BCUT2D eigenvalue weighted by Crippen LogP contribution is 2.24. The lowest BCUT2D eigenvalue weighted by atomic mass is 10.2. The van der Waals surface area contributed by atoms with E-state index < -0.39 is 0 Å². The first kappa shape index (κ1) is 16.3. The van der Waals surface area contributed by atoms with Crippen LogP contribution in [0.25, 0.3) is 5.65 Å². The molecular formula is C17H17BrClN3O. The minimum atomic E-state index is 0.715. The summed E-state index contributed by atoms with van der Waals surface area (Å²) in [5, 5.41) is 0.715. The Balaban J connectivity index is 1.75. The SMILES string of the molecule is COc1ccc(Cl)cc1CN(C)Cc1cn2cc(Br)ccc2n1. The van der Waals surface area contributed by atoms with Gasteiger partial charge in [0.05, 0.1) is 12.8 Å². The van der Waals surface area contributed by atoms with E-state index >= 15 is 0 Å². The Morgan fingerprint density at radius 1 is 1.22 bits per heavy atom. The van der Waals surface area contributed by atoms with Gasteiger partial charge in [0.1, 0.15) is 11.4 Å². The molecule has 23 heavy (non-hydrogen) atoms. The summed E-state index contributed by atoms with van der Waals surface area (Å²) < 4.78 is 8.46. The lowest BCUT2D eigenvalue weighted by Crippen LogP contribution is -2.18. The number of hydrogen-bond donors (Lipinski definition) is 0. The first-order valence-electron chi connectivity index (χ1n) is 7.19. The lowest BCUT2D eigenvalue weighted by Gasteiger charge is -2.17. The molecule has 1 aromatic carbocycles. The maximum Gasteiger partial charge on any atom is 0.137 e. The number of nitrogens with zero attached hydrogens (tertiary/aromatic N) is 3. The molecule has 0 saturated carbocycles. The topological polar surface area (TPSA) is 29.8 Å². The van der Waals surface area contributed by atoms with Crippen LogP contribution in [0.1, 0.15) is 11.3 Å². The molecule has 3 aromatic rings. The molecule has 0 amide bonds. The number of fused-ring (bicyclic) bond motifs is 1. The van der Waals surface area contributed by atoms with Crippen molar-refractivity contribution in [2.24, 2.45) is 0 Å². The number of ether oxygens (including phenoxy) is 1. The summed E-state index contributed by atoms with van der Waals surface area (Å²) in [7, 11) is 3.73. The van der Waals surface area contributed by atoms with Gasteiger partial charge in [0.2, 0.25) is 0 Å². The smallest absolute Gasteiger partial charge is 0.137 e. The molecule has 0 saturated heterocycles. The predicted octanol–water partition coefficient (Wildman–Crippen LogP) is 4.39. The fraction of sp³-hybridized carbons (Fsp3) is 0.235. The summed E-state index contributed by atoms with van der Waals surface area (Å²) >= 11 is 9.57. The maximum atomic E-state index is 6.09. The Morgan fingerprint density at radius 3 is 2.83 bits per heavy atom. The largest absolute Gasteiger partial charge is 0.496 e. The molecule has 0 atom stereocenters. The summed E-state index contributed by atoms with van der Waals surface area (Å²) in [6, 6.07) is 9.66. The Labute approximate surface area is 148 Å². The van der Waals surface area contributed by atoms with E-state index in [4.69, 9.17) is 16.3 Å². The normalized spacial score (nSPS) is 11.3. The van der Waals surface area contributed by atoms with Crippen molar-refractivity contribution in [2.45, 2.75) is 13.1 Å². The third kappa shape index (κ3) is 3.86. The highest BCUT2D eigenvalue weighted by atomic mass is 79.9. The highest BCUT2D eigenvalue weighted by molar-refractivity contribution is 9.10. The maximum absolute atomic E-state index is 6.09. The third-order valence-corrected chi connectivity index (χ3v) is 4.28. The molecule has 0 bridgehead atoms. The van der Waals surface area contributed by atoms with E-state index in [1.165, 1.54) is 0 Å². The first-order chi connectivity index (χ1) is 11.0. The van der Waals surface area contributed by atoms with Gasteiger partial charge < -0.3 is 9.14 Å². The molecular weight excluding hydrogens is 378 g/mol. The van der Waals surface area contributed by atoms with E-state index in [9.17, 15) is 0 Å². The molecule has 2 aromatic heterocycles. The number of aromatic nitrogens is 2. The van der Waals surface area contributed by atoms with E-state index in [2.05, 4.69) is 32.9 Å². The number of rotatable bonds is 5. The number of imidazole rings is 1. The van der Waals surface area contributed by atoms with Crippen LogP contribution in [0.2, 0.25) is 5.02 Å². The Hall–Kier alpha value is -1.56. The number of benzene rings is 1. The average Bonchev–Trinajstić information content (AvgIpc) is 2.88. The molecule has 0 aliphatic heterocycles. The minimum Gasteiger partial charge on any atom is -0.496 e. The van der Waals surface area contributed by atoms with Crippen LogP contribution in [-0.2, 0) is 13.1 Å². The van der Waals surface area contributed by atoms with Crippen molar-refractivity contribution in [1.82, 2.24) is 14.3 Å². The monoisotopic (exact) mass is 393 g/mol. The van der Waals surface area contributed by atoms with Crippen LogP contribution >= 0.6 is 27.5 Å². The fourth-order valence-electron chi connectivity index (χ4n) is 2.59. The molecule has 0 unspecified atom stereocenters. The number of methoxy groups -OCH3 is 1. The molecule has 120 valence electrons. The number of halogens is 2. The first-order valence-corrected chi connectivity index (χ1v) is 8.36. The van der Waals surface area contributed by atoms with Crippen LogP contribution in [0.4, 0.5) is 0 Å². The van der Waals surface area contributed by atoms with Crippen molar-refractivity contribution >= 4 is 33.2 Å². The number of pyridine rings is 1. The zero-order chi connectivity index (χ0) is 16.4. The van der Waals surface area contributed by atoms with Crippen LogP contribution in [-0.4, -0.2) is 28.4 Å². The molecule has 0 aliphatic carbocycles. The van der Waals surface area contributed by atoms with E-state index in [1.54, 1.807) is 7.11 Å². The quantitative estimate of drug-likeness (QED) is 0.643. The zero-order valence-electron chi connectivity index (χ0n) is 13.0. The van der Waals surface area contributed by atoms with Crippen LogP contribution in [0.5, 0.6) is 5.75 Å². The van der Waals surface area contributed by atoms with Gasteiger partial charge in [0, 0.05) is 40.5 Å². The van der Waals surface area contributed by atoms with Gasteiger partial charge >= 0.3 is 0 Å². The van der Waals surface area contributed by atoms with Crippen molar-refractivity contribution in [3.05, 3.63) is 63.5 Å². The van der Waals surface area contributed by atoms with Gasteiger partial charge in [0.25, 0.3) is 0 Å². The predicted molar refractivity (Wildman–Crippen MR) is 96.1 cm³/mol. The van der Waals surface area contributed by atoms with Gasteiger partial charge in [-0.1, -0.05) is 11.6 Å². The van der Waals surface area contributed by atoms with Crippen LogP contribution in [0.3, 0.4) is 0 Å². The number of hydrogen-bond acceptors (Lipinski definition) is 3. The Bertz CT molecular complexity index is 834. The van der Waals surface area contributed by atoms with Crippen LogP contribution in [0.15, 0.2) is 47.2 Å². The average molecular weight is 395 g/mol. The summed E-state index contributed by atoms with van der Waals surface area (Å²) in [6.07, 6.45) is 4.05. The van der Waals surface area contributed by atoms with Crippen molar-refractivity contribution in [3.63, 3.8) is 0 Å². The Morgan fingerprint density at radius 2 is 2.04 bits per heavy atom. The second-order valence-electron chi connectivity index (χ2n) is 5.47. The summed E-state index contributed by atoms with van der Waals surface area (Å²) in [6.45, 7) is 1.48. The van der Waals surface area contributed by atoms with Crippen molar-refractivity contribution in [2.75, 3.05) is 14.2 Å². The molecule has 3 rings (SSSR count). The van der Waals surface area contributed by atoms with E-state index in [0.29, 0.717) is 5.02 Å². The van der Waals surface area contributed by atoms with Gasteiger partial charge in [-0.05, 0) is 53.3 Å². The van der Waals surface area contributed by atoms with E-state index in [0.717, 1.165) is 40.2 Å². The zero-order valence-corrected chi connectivity index (χ0v) is 15.3. The van der Waals surface area contributed by atoms with E-state index in [1.807, 2.05) is 47.1 Å². The second kappa shape index (κ2) is 6.91. The second-order valence-corrected chi connectivity index (χ2v) is 6.83.